The average molecular weight is 344 g/mol. The maximum atomic E-state index is 12.0. The van der Waals surface area contributed by atoms with E-state index in [2.05, 4.69) is 27.6 Å². The van der Waals surface area contributed by atoms with E-state index in [0.717, 1.165) is 11.3 Å². The number of nitrogens with zero attached hydrogens (tertiary/aromatic N) is 4. The van der Waals surface area contributed by atoms with Gasteiger partial charge in [0.2, 0.25) is 5.91 Å². The van der Waals surface area contributed by atoms with E-state index in [1.54, 1.807) is 17.1 Å². The molecule has 0 saturated heterocycles. The zero-order valence-corrected chi connectivity index (χ0v) is 14.1. The predicted molar refractivity (Wildman–Crippen MR) is 93.0 cm³/mol. The van der Waals surface area contributed by atoms with Gasteiger partial charge in [0.1, 0.15) is 0 Å². The van der Waals surface area contributed by atoms with Gasteiger partial charge in [0, 0.05) is 30.9 Å². The molecular formula is C17H18ClN5O. The van der Waals surface area contributed by atoms with Crippen LogP contribution in [0.15, 0.2) is 48.8 Å². The minimum absolute atomic E-state index is 0.106. The number of nitrogens with one attached hydrogen (secondary N) is 1. The average Bonchev–Trinajstić information content (AvgIpc) is 3.12. The molecule has 3 aromatic rings. The lowest BCUT2D eigenvalue weighted by Crippen LogP contribution is -2.15. The van der Waals surface area contributed by atoms with Crippen molar-refractivity contribution >= 4 is 23.3 Å². The Kier molecular flexibility index (Phi) is 4.96. The molecule has 0 spiro atoms. The van der Waals surface area contributed by atoms with Crippen molar-refractivity contribution in [3.8, 4) is 0 Å². The summed E-state index contributed by atoms with van der Waals surface area (Å²) in [4.78, 5) is 12.0. The smallest absolute Gasteiger partial charge is 0.227 e. The SMILES string of the molecule is Cc1cc(NC(=O)CCn2cc(Cl)cn2)nn1Cc1ccccc1. The Balaban J connectivity index is 1.57. The number of anilines is 1. The van der Waals surface area contributed by atoms with Gasteiger partial charge in [0.15, 0.2) is 5.82 Å². The summed E-state index contributed by atoms with van der Waals surface area (Å²) in [5, 5.41) is 11.9. The van der Waals surface area contributed by atoms with Gasteiger partial charge in [-0.1, -0.05) is 41.9 Å². The number of aryl methyl sites for hydroxylation is 2. The topological polar surface area (TPSA) is 64.7 Å². The van der Waals surface area contributed by atoms with Crippen LogP contribution < -0.4 is 5.32 Å². The zero-order valence-electron chi connectivity index (χ0n) is 13.3. The second kappa shape index (κ2) is 7.31. The number of aromatic nitrogens is 4. The van der Waals surface area contributed by atoms with Crippen LogP contribution in [0.2, 0.25) is 5.02 Å². The molecule has 0 saturated carbocycles. The van der Waals surface area contributed by atoms with Crippen LogP contribution in [0.25, 0.3) is 0 Å². The molecule has 6 nitrogen and oxygen atoms in total. The Morgan fingerprint density at radius 2 is 2.08 bits per heavy atom. The number of hydrogen-bond acceptors (Lipinski definition) is 3. The minimum atomic E-state index is -0.106. The summed E-state index contributed by atoms with van der Waals surface area (Å²) in [6.07, 6.45) is 3.55. The van der Waals surface area contributed by atoms with Crippen LogP contribution >= 0.6 is 11.6 Å². The third-order valence-electron chi connectivity index (χ3n) is 3.59. The lowest BCUT2D eigenvalue weighted by atomic mass is 10.2. The summed E-state index contributed by atoms with van der Waals surface area (Å²) in [5.74, 6) is 0.456. The second-order valence-electron chi connectivity index (χ2n) is 5.53. The van der Waals surface area contributed by atoms with Crippen LogP contribution in [0.4, 0.5) is 5.82 Å². The first-order valence-electron chi connectivity index (χ1n) is 7.66. The number of carbonyl (C=O) groups is 1. The van der Waals surface area contributed by atoms with E-state index >= 15 is 0 Å². The maximum Gasteiger partial charge on any atom is 0.227 e. The number of halogens is 1. The molecule has 1 amide bonds. The molecule has 1 aromatic carbocycles. The first kappa shape index (κ1) is 16.3. The predicted octanol–water partition coefficient (Wildman–Crippen LogP) is 3.12. The Morgan fingerprint density at radius 3 is 2.79 bits per heavy atom. The maximum absolute atomic E-state index is 12.0. The second-order valence-corrected chi connectivity index (χ2v) is 5.97. The highest BCUT2D eigenvalue weighted by Gasteiger charge is 2.09. The van der Waals surface area contributed by atoms with E-state index in [-0.39, 0.29) is 5.91 Å². The molecule has 0 aliphatic heterocycles. The van der Waals surface area contributed by atoms with Gasteiger partial charge < -0.3 is 5.32 Å². The number of rotatable bonds is 6. The molecule has 7 heteroatoms. The van der Waals surface area contributed by atoms with Crippen LogP contribution in [0.3, 0.4) is 0 Å². The van der Waals surface area contributed by atoms with E-state index in [0.29, 0.717) is 30.4 Å². The summed E-state index contributed by atoms with van der Waals surface area (Å²) in [6, 6.07) is 11.9. The molecule has 3 rings (SSSR count). The van der Waals surface area contributed by atoms with Crippen molar-refractivity contribution in [2.75, 3.05) is 5.32 Å². The summed E-state index contributed by atoms with van der Waals surface area (Å²) in [6.45, 7) is 3.12. The normalized spacial score (nSPS) is 10.8. The van der Waals surface area contributed by atoms with Crippen molar-refractivity contribution in [1.29, 1.82) is 0 Å². The molecule has 0 atom stereocenters. The van der Waals surface area contributed by atoms with Gasteiger partial charge in [0.25, 0.3) is 0 Å². The van der Waals surface area contributed by atoms with E-state index in [1.807, 2.05) is 35.9 Å². The highest BCUT2D eigenvalue weighted by Crippen LogP contribution is 2.12. The van der Waals surface area contributed by atoms with Gasteiger partial charge in [-0.2, -0.15) is 10.2 Å². The highest BCUT2D eigenvalue weighted by atomic mass is 35.5. The van der Waals surface area contributed by atoms with Crippen LogP contribution in [0.1, 0.15) is 17.7 Å². The fraction of sp³-hybridized carbons (Fsp3) is 0.235. The third-order valence-corrected chi connectivity index (χ3v) is 3.79. The third kappa shape index (κ3) is 4.23. The fourth-order valence-corrected chi connectivity index (χ4v) is 2.53. The number of benzene rings is 1. The minimum Gasteiger partial charge on any atom is -0.309 e. The van der Waals surface area contributed by atoms with Gasteiger partial charge in [-0.25, -0.2) is 0 Å². The molecule has 0 aliphatic rings. The molecular weight excluding hydrogens is 326 g/mol. The summed E-state index contributed by atoms with van der Waals surface area (Å²) in [7, 11) is 0. The Morgan fingerprint density at radius 1 is 1.29 bits per heavy atom. The lowest BCUT2D eigenvalue weighted by Gasteiger charge is -2.04. The van der Waals surface area contributed by atoms with Crippen LogP contribution in [0, 0.1) is 6.92 Å². The van der Waals surface area contributed by atoms with E-state index in [1.165, 1.54) is 0 Å². The monoisotopic (exact) mass is 343 g/mol. The molecule has 0 fully saturated rings. The Bertz CT molecular complexity index is 825. The van der Waals surface area contributed by atoms with Crippen LogP contribution in [0.5, 0.6) is 0 Å². The van der Waals surface area contributed by atoms with Gasteiger partial charge in [0.05, 0.1) is 17.8 Å². The molecule has 0 unspecified atom stereocenters. The largest absolute Gasteiger partial charge is 0.309 e. The number of hydrogen-bond donors (Lipinski definition) is 1. The van der Waals surface area contributed by atoms with Crippen molar-refractivity contribution in [2.24, 2.45) is 0 Å². The first-order chi connectivity index (χ1) is 11.6. The van der Waals surface area contributed by atoms with Crippen molar-refractivity contribution in [1.82, 2.24) is 19.6 Å². The lowest BCUT2D eigenvalue weighted by molar-refractivity contribution is -0.116. The molecule has 2 aromatic heterocycles. The van der Waals surface area contributed by atoms with E-state index < -0.39 is 0 Å². The standard InChI is InChI=1S/C17H18ClN5O/c1-13-9-16(21-23(13)11-14-5-3-2-4-6-14)20-17(24)7-8-22-12-15(18)10-19-22/h2-6,9-10,12H,7-8,11H2,1H3,(H,20,21,24). The van der Waals surface area contributed by atoms with Crippen molar-refractivity contribution < 1.29 is 4.79 Å². The summed E-state index contributed by atoms with van der Waals surface area (Å²) >= 11 is 5.80. The summed E-state index contributed by atoms with van der Waals surface area (Å²) in [5.41, 5.74) is 2.16. The van der Waals surface area contributed by atoms with Gasteiger partial charge in [-0.05, 0) is 12.5 Å². The van der Waals surface area contributed by atoms with E-state index in [9.17, 15) is 4.79 Å². The van der Waals surface area contributed by atoms with Crippen molar-refractivity contribution in [2.45, 2.75) is 26.4 Å². The van der Waals surface area contributed by atoms with Crippen molar-refractivity contribution in [3.63, 3.8) is 0 Å². The first-order valence-corrected chi connectivity index (χ1v) is 8.04. The molecule has 2 heterocycles. The number of amides is 1. The van der Waals surface area contributed by atoms with Crippen LogP contribution in [-0.2, 0) is 17.9 Å². The van der Waals surface area contributed by atoms with Gasteiger partial charge in [-0.3, -0.25) is 14.2 Å². The highest BCUT2D eigenvalue weighted by molar-refractivity contribution is 6.30. The Labute approximate surface area is 145 Å². The molecule has 24 heavy (non-hydrogen) atoms. The molecule has 0 aliphatic carbocycles. The molecule has 0 radical (unpaired) electrons. The van der Waals surface area contributed by atoms with Crippen molar-refractivity contribution in [3.05, 3.63) is 65.1 Å². The fourth-order valence-electron chi connectivity index (χ4n) is 2.37. The van der Waals surface area contributed by atoms with Crippen LogP contribution in [-0.4, -0.2) is 25.5 Å². The zero-order chi connectivity index (χ0) is 16.9. The van der Waals surface area contributed by atoms with Gasteiger partial charge in [-0.15, -0.1) is 0 Å². The van der Waals surface area contributed by atoms with E-state index in [4.69, 9.17) is 11.6 Å². The van der Waals surface area contributed by atoms with Gasteiger partial charge >= 0.3 is 0 Å². The molecule has 124 valence electrons. The number of carbonyl (C=O) groups excluding carboxylic acids is 1. The quantitative estimate of drug-likeness (QED) is 0.748. The summed E-state index contributed by atoms with van der Waals surface area (Å²) < 4.78 is 3.51. The molecule has 1 N–H and O–H groups in total. The Hall–Kier alpha value is -2.60. The molecule has 0 bridgehead atoms.